The summed E-state index contributed by atoms with van der Waals surface area (Å²) >= 11 is 0. The molecular formula is C18H14N2O5. The van der Waals surface area contributed by atoms with E-state index in [0.717, 1.165) is 16.5 Å². The van der Waals surface area contributed by atoms with E-state index in [1.54, 1.807) is 12.3 Å². The van der Waals surface area contributed by atoms with Crippen LogP contribution >= 0.6 is 0 Å². The summed E-state index contributed by atoms with van der Waals surface area (Å²) in [5, 5.41) is 30.5. The summed E-state index contributed by atoms with van der Waals surface area (Å²) in [6.07, 6.45) is 1.80. The normalized spacial score (nSPS) is 11.2. The molecule has 0 fully saturated rings. The summed E-state index contributed by atoms with van der Waals surface area (Å²) in [5.74, 6) is -1.39. The molecule has 0 aliphatic rings. The number of H-pyrrole nitrogens is 2. The fraction of sp³-hybridized carbons (Fsp3) is 0.0556. The van der Waals surface area contributed by atoms with Crippen molar-refractivity contribution in [3.8, 4) is 23.0 Å². The van der Waals surface area contributed by atoms with Gasteiger partial charge in [0.15, 0.2) is 23.0 Å². The molecule has 2 aromatic carbocycles. The number of hydrogen-bond acceptors (Lipinski definition) is 5. The van der Waals surface area contributed by atoms with E-state index in [1.807, 2.05) is 6.92 Å². The van der Waals surface area contributed by atoms with Gasteiger partial charge in [-0.2, -0.15) is 0 Å². The maximum absolute atomic E-state index is 12.3. The van der Waals surface area contributed by atoms with Crippen molar-refractivity contribution in [1.29, 1.82) is 0 Å². The number of aromatic hydroxyl groups is 3. The highest BCUT2D eigenvalue weighted by Crippen LogP contribution is 2.34. The molecule has 0 aliphatic heterocycles. The number of benzene rings is 2. The molecule has 4 rings (SSSR count). The Morgan fingerprint density at radius 2 is 1.72 bits per heavy atom. The Kier molecular flexibility index (Phi) is 3.11. The number of aromatic amines is 2. The lowest BCUT2D eigenvalue weighted by Crippen LogP contribution is -2.08. The Balaban J connectivity index is 1.69. The molecule has 0 saturated carbocycles. The molecule has 0 bridgehead atoms. The summed E-state index contributed by atoms with van der Waals surface area (Å²) in [7, 11) is 0. The van der Waals surface area contributed by atoms with Crippen LogP contribution in [0.25, 0.3) is 21.8 Å². The van der Waals surface area contributed by atoms with Crippen LogP contribution < -0.4 is 4.74 Å². The van der Waals surface area contributed by atoms with E-state index in [0.29, 0.717) is 10.9 Å². The smallest absolute Gasteiger partial charge is 0.360 e. The number of fused-ring (bicyclic) bond motifs is 2. The lowest BCUT2D eigenvalue weighted by Gasteiger charge is -2.06. The molecule has 7 heteroatoms. The molecule has 0 amide bonds. The van der Waals surface area contributed by atoms with E-state index in [1.165, 1.54) is 24.3 Å². The number of aryl methyl sites for hydroxylation is 1. The first-order valence-electron chi connectivity index (χ1n) is 7.50. The third-order valence-corrected chi connectivity index (χ3v) is 4.11. The number of carbonyl (C=O) groups excluding carboxylic acids is 1. The predicted octanol–water partition coefficient (Wildman–Crippen LogP) is 3.29. The molecule has 0 unspecified atom stereocenters. The zero-order chi connectivity index (χ0) is 17.7. The summed E-state index contributed by atoms with van der Waals surface area (Å²) in [6, 6.07) is 7.22. The number of carbonyl (C=O) groups is 1. The Morgan fingerprint density at radius 3 is 2.52 bits per heavy atom. The Labute approximate surface area is 141 Å². The quantitative estimate of drug-likeness (QED) is 0.218. The minimum atomic E-state index is -0.701. The van der Waals surface area contributed by atoms with E-state index in [2.05, 4.69) is 9.97 Å². The summed E-state index contributed by atoms with van der Waals surface area (Å²) < 4.78 is 5.27. The van der Waals surface area contributed by atoms with E-state index in [4.69, 9.17) is 4.74 Å². The Morgan fingerprint density at radius 1 is 0.960 bits per heavy atom. The lowest BCUT2D eigenvalue weighted by molar-refractivity contribution is 0.0725. The van der Waals surface area contributed by atoms with Crippen LogP contribution in [0, 0.1) is 6.92 Å². The molecule has 0 spiro atoms. The van der Waals surface area contributed by atoms with Crippen LogP contribution in [0.5, 0.6) is 23.0 Å². The van der Waals surface area contributed by atoms with Crippen LogP contribution in [0.2, 0.25) is 0 Å². The van der Waals surface area contributed by atoms with Crippen LogP contribution in [0.1, 0.15) is 16.1 Å². The summed E-state index contributed by atoms with van der Waals surface area (Å²) in [5.41, 5.74) is 2.31. The molecule has 4 aromatic rings. The molecule has 126 valence electrons. The van der Waals surface area contributed by atoms with Crippen molar-refractivity contribution >= 4 is 27.8 Å². The molecule has 0 aliphatic carbocycles. The molecule has 5 N–H and O–H groups in total. The van der Waals surface area contributed by atoms with Gasteiger partial charge in [0.1, 0.15) is 5.69 Å². The van der Waals surface area contributed by atoms with Crippen molar-refractivity contribution in [2.45, 2.75) is 6.92 Å². The largest absolute Gasteiger partial charge is 0.504 e. The van der Waals surface area contributed by atoms with Crippen molar-refractivity contribution in [1.82, 2.24) is 9.97 Å². The standard InChI is InChI=1S/C18H14N2O5/c1-8-7-19-12-6-17(16(23)4-10(8)12)25-18(24)13-2-9-3-14(21)15(22)5-11(9)20-13/h2-7,19-23H,1H3. The summed E-state index contributed by atoms with van der Waals surface area (Å²) in [6.45, 7) is 1.90. The van der Waals surface area contributed by atoms with E-state index < -0.39 is 5.97 Å². The van der Waals surface area contributed by atoms with Gasteiger partial charge in [0.2, 0.25) is 0 Å². The van der Waals surface area contributed by atoms with Crippen LogP contribution in [0.4, 0.5) is 0 Å². The molecule has 0 saturated heterocycles. The van der Waals surface area contributed by atoms with Gasteiger partial charge in [0, 0.05) is 34.6 Å². The van der Waals surface area contributed by atoms with Gasteiger partial charge in [-0.25, -0.2) is 4.79 Å². The van der Waals surface area contributed by atoms with Crippen molar-refractivity contribution in [3.05, 3.63) is 47.8 Å². The molecule has 7 nitrogen and oxygen atoms in total. The predicted molar refractivity (Wildman–Crippen MR) is 91.3 cm³/mol. The molecule has 0 radical (unpaired) electrons. The van der Waals surface area contributed by atoms with Gasteiger partial charge in [-0.3, -0.25) is 0 Å². The zero-order valence-electron chi connectivity index (χ0n) is 13.1. The number of phenols is 3. The number of rotatable bonds is 2. The SMILES string of the molecule is Cc1c[nH]c2cc(OC(=O)c3cc4cc(O)c(O)cc4[nH]3)c(O)cc12. The van der Waals surface area contributed by atoms with Crippen LogP contribution in [0.3, 0.4) is 0 Å². The van der Waals surface area contributed by atoms with Gasteiger partial charge < -0.3 is 30.0 Å². The fourth-order valence-electron chi connectivity index (χ4n) is 2.78. The second kappa shape index (κ2) is 5.20. The van der Waals surface area contributed by atoms with E-state index >= 15 is 0 Å². The Bertz CT molecular complexity index is 1100. The number of esters is 1. The first-order chi connectivity index (χ1) is 11.9. The van der Waals surface area contributed by atoms with Gasteiger partial charge >= 0.3 is 5.97 Å². The number of aromatic nitrogens is 2. The minimum absolute atomic E-state index is 0.0312. The molecule has 0 atom stereocenters. The lowest BCUT2D eigenvalue weighted by atomic mass is 10.2. The third-order valence-electron chi connectivity index (χ3n) is 4.11. The minimum Gasteiger partial charge on any atom is -0.504 e. The molecular weight excluding hydrogens is 324 g/mol. The number of hydrogen-bond donors (Lipinski definition) is 5. The summed E-state index contributed by atoms with van der Waals surface area (Å²) in [4.78, 5) is 18.2. The maximum atomic E-state index is 12.3. The van der Waals surface area contributed by atoms with E-state index in [-0.39, 0.29) is 28.7 Å². The maximum Gasteiger partial charge on any atom is 0.360 e. The van der Waals surface area contributed by atoms with Crippen molar-refractivity contribution in [3.63, 3.8) is 0 Å². The molecule has 2 aromatic heterocycles. The highest BCUT2D eigenvalue weighted by molar-refractivity contribution is 5.97. The second-order valence-corrected chi connectivity index (χ2v) is 5.84. The molecule has 25 heavy (non-hydrogen) atoms. The van der Waals surface area contributed by atoms with Crippen LogP contribution in [0.15, 0.2) is 36.5 Å². The molecule has 2 heterocycles. The van der Waals surface area contributed by atoms with Gasteiger partial charge in [0.25, 0.3) is 0 Å². The van der Waals surface area contributed by atoms with Gasteiger partial charge in [-0.1, -0.05) is 0 Å². The first kappa shape index (κ1) is 14.9. The van der Waals surface area contributed by atoms with Crippen LogP contribution in [-0.4, -0.2) is 31.3 Å². The number of nitrogens with one attached hydrogen (secondary N) is 2. The number of phenolic OH excluding ortho intramolecular Hbond substituents is 3. The Hall–Kier alpha value is -3.61. The topological polar surface area (TPSA) is 119 Å². The average molecular weight is 338 g/mol. The van der Waals surface area contributed by atoms with Crippen molar-refractivity contribution in [2.75, 3.05) is 0 Å². The second-order valence-electron chi connectivity index (χ2n) is 5.84. The van der Waals surface area contributed by atoms with Crippen molar-refractivity contribution < 1.29 is 24.9 Å². The zero-order valence-corrected chi connectivity index (χ0v) is 13.1. The highest BCUT2D eigenvalue weighted by Gasteiger charge is 2.17. The first-order valence-corrected chi connectivity index (χ1v) is 7.50. The van der Waals surface area contributed by atoms with E-state index in [9.17, 15) is 20.1 Å². The van der Waals surface area contributed by atoms with Gasteiger partial charge in [-0.05, 0) is 30.7 Å². The third kappa shape index (κ3) is 2.42. The van der Waals surface area contributed by atoms with Crippen LogP contribution in [-0.2, 0) is 0 Å². The van der Waals surface area contributed by atoms with Gasteiger partial charge in [-0.15, -0.1) is 0 Å². The fourth-order valence-corrected chi connectivity index (χ4v) is 2.78. The average Bonchev–Trinajstić information content (AvgIpc) is 3.13. The van der Waals surface area contributed by atoms with Crippen molar-refractivity contribution in [2.24, 2.45) is 0 Å². The highest BCUT2D eigenvalue weighted by atomic mass is 16.5. The number of ether oxygens (including phenoxy) is 1. The van der Waals surface area contributed by atoms with Gasteiger partial charge in [0.05, 0.1) is 5.52 Å². The monoisotopic (exact) mass is 338 g/mol.